The standard InChI is InChI=1S/C24H27N7O3S/c1-30-24(27-28-29-30)35-16-21(32)26-20-9-7-19(8-10-20)23(34)31-13-11-18(12-14-31)22(33)25-15-17-5-3-2-4-6-17/h2-10,18H,11-16H2,1H3,(H,25,33)(H,26,32). The van der Waals surface area contributed by atoms with Crippen LogP contribution in [0.2, 0.25) is 0 Å². The topological polar surface area (TPSA) is 122 Å². The SMILES string of the molecule is Cn1nnnc1SCC(=O)Nc1ccc(C(=O)N2CCC(C(=O)NCc3ccccc3)CC2)cc1. The van der Waals surface area contributed by atoms with Gasteiger partial charge in [0.15, 0.2) is 0 Å². The second-order valence-corrected chi connectivity index (χ2v) is 9.21. The number of amides is 3. The molecule has 2 N–H and O–H groups in total. The van der Waals surface area contributed by atoms with Crippen LogP contribution in [-0.4, -0.2) is 61.7 Å². The summed E-state index contributed by atoms with van der Waals surface area (Å²) in [5, 5.41) is 17.4. The van der Waals surface area contributed by atoms with Crippen LogP contribution < -0.4 is 10.6 Å². The van der Waals surface area contributed by atoms with Gasteiger partial charge in [-0.15, -0.1) is 5.10 Å². The molecule has 0 radical (unpaired) electrons. The summed E-state index contributed by atoms with van der Waals surface area (Å²) in [7, 11) is 1.71. The van der Waals surface area contributed by atoms with E-state index in [0.29, 0.717) is 48.9 Å². The summed E-state index contributed by atoms with van der Waals surface area (Å²) in [4.78, 5) is 39.4. The number of anilines is 1. The molecule has 3 amide bonds. The van der Waals surface area contributed by atoms with Crippen LogP contribution >= 0.6 is 11.8 Å². The van der Waals surface area contributed by atoms with Crippen LogP contribution in [0.1, 0.15) is 28.8 Å². The van der Waals surface area contributed by atoms with E-state index in [1.807, 2.05) is 30.3 Å². The Balaban J connectivity index is 1.21. The van der Waals surface area contributed by atoms with Crippen LogP contribution in [0.3, 0.4) is 0 Å². The fourth-order valence-electron chi connectivity index (χ4n) is 3.82. The van der Waals surface area contributed by atoms with Crippen molar-refractivity contribution in [2.45, 2.75) is 24.5 Å². The molecule has 3 aromatic rings. The highest BCUT2D eigenvalue weighted by atomic mass is 32.2. The minimum Gasteiger partial charge on any atom is -0.352 e. The van der Waals surface area contributed by atoms with Gasteiger partial charge in [0.2, 0.25) is 17.0 Å². The number of nitrogens with one attached hydrogen (secondary N) is 2. The fourth-order valence-corrected chi connectivity index (χ4v) is 4.47. The van der Waals surface area contributed by atoms with Crippen molar-refractivity contribution in [3.05, 3.63) is 65.7 Å². The highest BCUT2D eigenvalue weighted by Gasteiger charge is 2.27. The largest absolute Gasteiger partial charge is 0.352 e. The van der Waals surface area contributed by atoms with E-state index < -0.39 is 0 Å². The maximum atomic E-state index is 12.9. The van der Waals surface area contributed by atoms with Crippen molar-refractivity contribution >= 4 is 35.2 Å². The Morgan fingerprint density at radius 1 is 1.03 bits per heavy atom. The lowest BCUT2D eigenvalue weighted by atomic mass is 9.95. The predicted octanol–water partition coefficient (Wildman–Crippen LogP) is 2.11. The van der Waals surface area contributed by atoms with Crippen molar-refractivity contribution < 1.29 is 14.4 Å². The lowest BCUT2D eigenvalue weighted by Crippen LogP contribution is -2.42. The molecule has 1 aliphatic rings. The average molecular weight is 494 g/mol. The molecule has 2 aromatic carbocycles. The first-order chi connectivity index (χ1) is 17.0. The van der Waals surface area contributed by atoms with E-state index in [1.165, 1.54) is 16.4 Å². The third kappa shape index (κ3) is 6.66. The van der Waals surface area contributed by atoms with Crippen molar-refractivity contribution in [1.29, 1.82) is 0 Å². The quantitative estimate of drug-likeness (QED) is 0.461. The van der Waals surface area contributed by atoms with Crippen LogP contribution in [-0.2, 0) is 23.2 Å². The summed E-state index contributed by atoms with van der Waals surface area (Å²) in [6.45, 7) is 1.58. The van der Waals surface area contributed by atoms with E-state index in [1.54, 1.807) is 36.2 Å². The molecule has 0 aliphatic carbocycles. The van der Waals surface area contributed by atoms with Gasteiger partial charge in [-0.25, -0.2) is 4.68 Å². The molecule has 0 spiro atoms. The third-order valence-corrected chi connectivity index (χ3v) is 6.80. The van der Waals surface area contributed by atoms with Crippen LogP contribution in [0.5, 0.6) is 0 Å². The number of hydrogen-bond donors (Lipinski definition) is 2. The summed E-state index contributed by atoms with van der Waals surface area (Å²) in [5.41, 5.74) is 2.22. The minimum absolute atomic E-state index is 0.0367. The molecule has 35 heavy (non-hydrogen) atoms. The molecule has 11 heteroatoms. The second-order valence-electron chi connectivity index (χ2n) is 8.27. The monoisotopic (exact) mass is 493 g/mol. The Labute approximate surface area is 207 Å². The summed E-state index contributed by atoms with van der Waals surface area (Å²) >= 11 is 1.24. The molecule has 0 atom stereocenters. The van der Waals surface area contributed by atoms with Crippen LogP contribution in [0, 0.1) is 5.92 Å². The first-order valence-corrected chi connectivity index (χ1v) is 12.3. The van der Waals surface area contributed by atoms with Gasteiger partial charge in [-0.05, 0) is 53.1 Å². The highest BCUT2D eigenvalue weighted by molar-refractivity contribution is 7.99. The maximum absolute atomic E-state index is 12.9. The van der Waals surface area contributed by atoms with Gasteiger partial charge in [0.25, 0.3) is 5.91 Å². The Hall–Kier alpha value is -3.73. The van der Waals surface area contributed by atoms with E-state index in [2.05, 4.69) is 26.2 Å². The molecule has 1 fully saturated rings. The number of rotatable bonds is 8. The molecular formula is C24H27N7O3S. The number of aryl methyl sites for hydroxylation is 1. The van der Waals surface area contributed by atoms with Gasteiger partial charge in [-0.1, -0.05) is 42.1 Å². The third-order valence-electron chi connectivity index (χ3n) is 5.79. The Bertz CT molecular complexity index is 1160. The van der Waals surface area contributed by atoms with Crippen LogP contribution in [0.15, 0.2) is 59.8 Å². The molecule has 0 bridgehead atoms. The molecule has 1 aliphatic heterocycles. The normalized spacial score (nSPS) is 13.9. The smallest absolute Gasteiger partial charge is 0.253 e. The molecule has 1 aromatic heterocycles. The van der Waals surface area contributed by atoms with Gasteiger partial charge in [0.1, 0.15) is 0 Å². The van der Waals surface area contributed by atoms with Crippen molar-refractivity contribution in [3.63, 3.8) is 0 Å². The molecular weight excluding hydrogens is 466 g/mol. The Kier molecular flexibility index (Phi) is 8.09. The van der Waals surface area contributed by atoms with Crippen LogP contribution in [0.4, 0.5) is 5.69 Å². The first kappa shape index (κ1) is 24.4. The summed E-state index contributed by atoms with van der Waals surface area (Å²) in [6, 6.07) is 16.6. The number of piperidine rings is 1. The Morgan fingerprint density at radius 2 is 1.74 bits per heavy atom. The Morgan fingerprint density at radius 3 is 2.40 bits per heavy atom. The molecule has 4 rings (SSSR count). The number of carbonyl (C=O) groups is 3. The molecule has 1 saturated heterocycles. The average Bonchev–Trinajstić information content (AvgIpc) is 3.31. The number of tetrazole rings is 1. The van der Waals surface area contributed by atoms with Crippen LogP contribution in [0.25, 0.3) is 0 Å². The zero-order chi connectivity index (χ0) is 24.6. The van der Waals surface area contributed by atoms with Crippen molar-refractivity contribution in [2.24, 2.45) is 13.0 Å². The number of likely N-dealkylation sites (tertiary alicyclic amines) is 1. The number of carbonyl (C=O) groups excluding carboxylic acids is 3. The van der Waals surface area contributed by atoms with E-state index in [-0.39, 0.29) is 29.4 Å². The fraction of sp³-hybridized carbons (Fsp3) is 0.333. The van der Waals surface area contributed by atoms with Gasteiger partial charge in [-0.2, -0.15) is 0 Å². The number of aromatic nitrogens is 4. The molecule has 182 valence electrons. The number of hydrogen-bond acceptors (Lipinski definition) is 7. The van der Waals surface area contributed by atoms with Gasteiger partial charge in [0.05, 0.1) is 5.75 Å². The number of thioether (sulfide) groups is 1. The maximum Gasteiger partial charge on any atom is 0.253 e. The molecule has 0 unspecified atom stereocenters. The molecule has 0 saturated carbocycles. The van der Waals surface area contributed by atoms with Crippen molar-refractivity contribution in [1.82, 2.24) is 30.4 Å². The van der Waals surface area contributed by atoms with Gasteiger partial charge >= 0.3 is 0 Å². The lowest BCUT2D eigenvalue weighted by Gasteiger charge is -2.31. The van der Waals surface area contributed by atoms with Crippen molar-refractivity contribution in [3.8, 4) is 0 Å². The zero-order valence-electron chi connectivity index (χ0n) is 19.4. The van der Waals surface area contributed by atoms with E-state index in [4.69, 9.17) is 0 Å². The second kappa shape index (κ2) is 11.6. The summed E-state index contributed by atoms with van der Waals surface area (Å²) < 4.78 is 1.50. The van der Waals surface area contributed by atoms with E-state index >= 15 is 0 Å². The molecule has 2 heterocycles. The summed E-state index contributed by atoms with van der Waals surface area (Å²) in [6.07, 6.45) is 1.28. The van der Waals surface area contributed by atoms with Gasteiger partial charge in [0, 0.05) is 43.9 Å². The molecule has 10 nitrogen and oxygen atoms in total. The van der Waals surface area contributed by atoms with E-state index in [0.717, 1.165) is 5.56 Å². The highest BCUT2D eigenvalue weighted by Crippen LogP contribution is 2.21. The van der Waals surface area contributed by atoms with E-state index in [9.17, 15) is 14.4 Å². The number of nitrogens with zero attached hydrogens (tertiary/aromatic N) is 5. The predicted molar refractivity (Wildman–Crippen MR) is 132 cm³/mol. The zero-order valence-corrected chi connectivity index (χ0v) is 20.2. The summed E-state index contributed by atoms with van der Waals surface area (Å²) in [5.74, 6) is -0.144. The lowest BCUT2D eigenvalue weighted by molar-refractivity contribution is -0.126. The van der Waals surface area contributed by atoms with Crippen molar-refractivity contribution in [2.75, 3.05) is 24.2 Å². The number of benzene rings is 2. The minimum atomic E-state index is -0.190. The first-order valence-electron chi connectivity index (χ1n) is 11.4. The van der Waals surface area contributed by atoms with Gasteiger partial charge in [-0.3, -0.25) is 14.4 Å². The van der Waals surface area contributed by atoms with Gasteiger partial charge < -0.3 is 15.5 Å².